The number of nitrogens with one attached hydrogen (secondary N) is 1. The van der Waals surface area contributed by atoms with Gasteiger partial charge in [-0.05, 0) is 38.5 Å². The fourth-order valence-corrected chi connectivity index (χ4v) is 1.46. The number of hydrogen-bond donors (Lipinski definition) is 2. The molecule has 0 unspecified atom stereocenters. The summed E-state index contributed by atoms with van der Waals surface area (Å²) in [5.41, 5.74) is -0.567. The van der Waals surface area contributed by atoms with Crippen LogP contribution in [0.3, 0.4) is 0 Å². The Morgan fingerprint density at radius 2 is 2.00 bits per heavy atom. The normalized spacial score (nSPS) is 11.1. The lowest BCUT2D eigenvalue weighted by atomic mass is 10.0. The van der Waals surface area contributed by atoms with Gasteiger partial charge in [0.05, 0.1) is 11.3 Å². The molecule has 0 aliphatic rings. The number of rotatable bonds is 4. The smallest absolute Gasteiger partial charge is 0.335 e. The Morgan fingerprint density at radius 3 is 2.45 bits per heavy atom. The number of halogens is 1. The first-order chi connectivity index (χ1) is 9.19. The van der Waals surface area contributed by atoms with E-state index in [-0.39, 0.29) is 16.8 Å². The summed E-state index contributed by atoms with van der Waals surface area (Å²) in [5, 5.41) is 11.2. The third-order valence-corrected chi connectivity index (χ3v) is 3.54. The molecule has 1 aromatic carbocycles. The molecule has 0 aromatic heterocycles. The zero-order valence-corrected chi connectivity index (χ0v) is 12.0. The van der Waals surface area contributed by atoms with Gasteiger partial charge in [-0.2, -0.15) is 0 Å². The van der Waals surface area contributed by atoms with Crippen molar-refractivity contribution in [2.24, 2.45) is 0 Å². The second-order valence-corrected chi connectivity index (χ2v) is 5.15. The molecule has 20 heavy (non-hydrogen) atoms. The molecule has 1 rings (SSSR count). The average molecular weight is 282 g/mol. The molecule has 0 fully saturated rings. The lowest BCUT2D eigenvalue weighted by molar-refractivity contribution is 0.0696. The van der Waals surface area contributed by atoms with Crippen LogP contribution in [0.1, 0.15) is 37.6 Å². The van der Waals surface area contributed by atoms with Crippen molar-refractivity contribution in [1.82, 2.24) is 4.90 Å². The van der Waals surface area contributed by atoms with E-state index in [1.807, 2.05) is 20.8 Å². The van der Waals surface area contributed by atoms with Crippen LogP contribution in [0.15, 0.2) is 18.2 Å². The van der Waals surface area contributed by atoms with Gasteiger partial charge in [0.25, 0.3) is 0 Å². The van der Waals surface area contributed by atoms with Crippen LogP contribution >= 0.6 is 0 Å². The molecule has 0 aliphatic heterocycles. The largest absolute Gasteiger partial charge is 0.478 e. The zero-order chi connectivity index (χ0) is 15.5. The standard InChI is InChI=1S/C14H19FN2O3/c1-5-14(2,3)17(4)13(20)16-11-7-6-9(12(18)19)8-10(11)15/h6-8H,5H2,1-4H3,(H,16,20)(H,18,19). The van der Waals surface area contributed by atoms with E-state index in [0.717, 1.165) is 12.5 Å². The number of carboxylic acids is 1. The van der Waals surface area contributed by atoms with Gasteiger partial charge in [0.1, 0.15) is 5.82 Å². The number of carbonyl (C=O) groups is 2. The summed E-state index contributed by atoms with van der Waals surface area (Å²) in [5.74, 6) is -1.99. The number of nitrogens with zero attached hydrogens (tertiary/aromatic N) is 1. The number of carbonyl (C=O) groups excluding carboxylic acids is 1. The van der Waals surface area contributed by atoms with Crippen LogP contribution in [-0.4, -0.2) is 34.6 Å². The first-order valence-corrected chi connectivity index (χ1v) is 6.26. The summed E-state index contributed by atoms with van der Waals surface area (Å²) >= 11 is 0. The van der Waals surface area contributed by atoms with Crippen molar-refractivity contribution in [2.45, 2.75) is 32.7 Å². The van der Waals surface area contributed by atoms with Gasteiger partial charge in [-0.1, -0.05) is 6.92 Å². The molecule has 0 bridgehead atoms. The molecule has 6 heteroatoms. The maximum absolute atomic E-state index is 13.7. The van der Waals surface area contributed by atoms with Gasteiger partial charge < -0.3 is 15.3 Å². The first-order valence-electron chi connectivity index (χ1n) is 6.26. The maximum atomic E-state index is 13.7. The van der Waals surface area contributed by atoms with E-state index in [2.05, 4.69) is 5.32 Å². The summed E-state index contributed by atoms with van der Waals surface area (Å²) in [4.78, 5) is 24.2. The lowest BCUT2D eigenvalue weighted by Gasteiger charge is -2.34. The summed E-state index contributed by atoms with van der Waals surface area (Å²) in [6, 6.07) is 2.91. The Bertz CT molecular complexity index is 529. The predicted molar refractivity (Wildman–Crippen MR) is 74.5 cm³/mol. The number of amides is 2. The number of urea groups is 1. The van der Waals surface area contributed by atoms with Crippen LogP contribution in [0.2, 0.25) is 0 Å². The van der Waals surface area contributed by atoms with Crippen molar-refractivity contribution in [3.63, 3.8) is 0 Å². The van der Waals surface area contributed by atoms with Crippen molar-refractivity contribution in [2.75, 3.05) is 12.4 Å². The van der Waals surface area contributed by atoms with Crippen LogP contribution < -0.4 is 5.32 Å². The summed E-state index contributed by atoms with van der Waals surface area (Å²) in [6.45, 7) is 5.75. The number of carboxylic acid groups (broad SMARTS) is 1. The molecular formula is C14H19FN2O3. The summed E-state index contributed by atoms with van der Waals surface area (Å²) in [6.07, 6.45) is 0.747. The molecule has 0 heterocycles. The average Bonchev–Trinajstić information content (AvgIpc) is 2.39. The van der Waals surface area contributed by atoms with Crippen LogP contribution in [0.4, 0.5) is 14.9 Å². The number of aromatic carboxylic acids is 1. The van der Waals surface area contributed by atoms with Gasteiger partial charge in [-0.3, -0.25) is 0 Å². The Balaban J connectivity index is 2.89. The molecule has 0 atom stereocenters. The monoisotopic (exact) mass is 282 g/mol. The van der Waals surface area contributed by atoms with Gasteiger partial charge in [0.2, 0.25) is 0 Å². The fourth-order valence-electron chi connectivity index (χ4n) is 1.46. The molecule has 0 spiro atoms. The SMILES string of the molecule is CCC(C)(C)N(C)C(=O)Nc1ccc(C(=O)O)cc1F. The third kappa shape index (κ3) is 3.46. The molecular weight excluding hydrogens is 263 g/mol. The highest BCUT2D eigenvalue weighted by atomic mass is 19.1. The molecule has 0 saturated heterocycles. The van der Waals surface area contributed by atoms with Crippen LogP contribution in [-0.2, 0) is 0 Å². The Labute approximate surface area is 117 Å². The quantitative estimate of drug-likeness (QED) is 0.891. The molecule has 0 radical (unpaired) electrons. The Morgan fingerprint density at radius 1 is 1.40 bits per heavy atom. The number of anilines is 1. The van der Waals surface area contributed by atoms with Crippen LogP contribution in [0.5, 0.6) is 0 Å². The van der Waals surface area contributed by atoms with Gasteiger partial charge >= 0.3 is 12.0 Å². The van der Waals surface area contributed by atoms with Gasteiger partial charge in [0, 0.05) is 12.6 Å². The molecule has 0 saturated carbocycles. The Hall–Kier alpha value is -2.11. The second kappa shape index (κ2) is 5.90. The number of hydrogen-bond acceptors (Lipinski definition) is 2. The van der Waals surface area contributed by atoms with Crippen molar-refractivity contribution < 1.29 is 19.1 Å². The van der Waals surface area contributed by atoms with Crippen molar-refractivity contribution in [3.8, 4) is 0 Å². The topological polar surface area (TPSA) is 69.6 Å². The van der Waals surface area contributed by atoms with Gasteiger partial charge in [0.15, 0.2) is 0 Å². The van der Waals surface area contributed by atoms with E-state index in [1.165, 1.54) is 17.0 Å². The third-order valence-electron chi connectivity index (χ3n) is 3.54. The first kappa shape index (κ1) is 15.9. The highest BCUT2D eigenvalue weighted by molar-refractivity contribution is 5.92. The summed E-state index contributed by atoms with van der Waals surface area (Å²) in [7, 11) is 1.63. The second-order valence-electron chi connectivity index (χ2n) is 5.15. The fraction of sp³-hybridized carbons (Fsp3) is 0.429. The predicted octanol–water partition coefficient (Wildman–Crippen LogP) is 3.18. The molecule has 0 aliphatic carbocycles. The summed E-state index contributed by atoms with van der Waals surface area (Å²) < 4.78 is 13.7. The van der Waals surface area contributed by atoms with Crippen molar-refractivity contribution >= 4 is 17.7 Å². The molecule has 110 valence electrons. The minimum absolute atomic E-state index is 0.0428. The van der Waals surface area contributed by atoms with Crippen molar-refractivity contribution in [3.05, 3.63) is 29.6 Å². The highest BCUT2D eigenvalue weighted by Gasteiger charge is 2.26. The van der Waals surface area contributed by atoms with E-state index in [4.69, 9.17) is 5.11 Å². The van der Waals surface area contributed by atoms with Gasteiger partial charge in [-0.15, -0.1) is 0 Å². The lowest BCUT2D eigenvalue weighted by Crippen LogP contribution is -2.46. The van der Waals surface area contributed by atoms with E-state index < -0.39 is 17.8 Å². The minimum Gasteiger partial charge on any atom is -0.478 e. The molecule has 1 aromatic rings. The molecule has 2 amide bonds. The van der Waals surface area contributed by atoms with Crippen LogP contribution in [0.25, 0.3) is 0 Å². The van der Waals surface area contributed by atoms with Crippen LogP contribution in [0, 0.1) is 5.82 Å². The Kier molecular flexibility index (Phi) is 4.70. The van der Waals surface area contributed by atoms with E-state index in [9.17, 15) is 14.0 Å². The van der Waals surface area contributed by atoms with Gasteiger partial charge in [-0.25, -0.2) is 14.0 Å². The highest BCUT2D eigenvalue weighted by Crippen LogP contribution is 2.20. The zero-order valence-electron chi connectivity index (χ0n) is 12.0. The molecule has 5 nitrogen and oxygen atoms in total. The van der Waals surface area contributed by atoms with E-state index in [0.29, 0.717) is 0 Å². The van der Waals surface area contributed by atoms with E-state index in [1.54, 1.807) is 7.05 Å². The minimum atomic E-state index is -1.22. The molecule has 2 N–H and O–H groups in total. The van der Waals surface area contributed by atoms with Crippen molar-refractivity contribution in [1.29, 1.82) is 0 Å². The number of benzene rings is 1. The maximum Gasteiger partial charge on any atom is 0.335 e. The van der Waals surface area contributed by atoms with E-state index >= 15 is 0 Å².